The molecule has 0 N–H and O–H groups in total. The van der Waals surface area contributed by atoms with Crippen molar-refractivity contribution in [3.8, 4) is 0 Å². The Morgan fingerprint density at radius 3 is 2.50 bits per heavy atom. The van der Waals surface area contributed by atoms with Gasteiger partial charge in [0.15, 0.2) is 5.78 Å². The highest BCUT2D eigenvalue weighted by Crippen LogP contribution is 2.15. The molecule has 2 nitrogen and oxygen atoms in total. The molecular weight excluding hydrogens is 174 g/mol. The largest absolute Gasteiger partial charge is 0.300 e. The van der Waals surface area contributed by atoms with Gasteiger partial charge >= 0.3 is 0 Å². The lowest BCUT2D eigenvalue weighted by Gasteiger charge is -2.29. The van der Waals surface area contributed by atoms with Gasteiger partial charge in [0.1, 0.15) is 0 Å². The highest BCUT2D eigenvalue weighted by molar-refractivity contribution is 5.87. The van der Waals surface area contributed by atoms with Crippen LogP contribution in [0.5, 0.6) is 0 Å². The fraction of sp³-hybridized carbons (Fsp3) is 0.750. The van der Waals surface area contributed by atoms with Gasteiger partial charge in [-0.2, -0.15) is 0 Å². The molecule has 1 rings (SSSR count). The molecule has 0 aromatic rings. The smallest absolute Gasteiger partial charge is 0.152 e. The Labute approximate surface area is 88.0 Å². The zero-order chi connectivity index (χ0) is 11.0. The molecule has 1 aliphatic heterocycles. The van der Waals surface area contributed by atoms with Crippen LogP contribution in [0.25, 0.3) is 0 Å². The predicted molar refractivity (Wildman–Crippen MR) is 61.4 cm³/mol. The van der Waals surface area contributed by atoms with Crippen molar-refractivity contribution in [3.63, 3.8) is 0 Å². The normalized spacial score (nSPS) is 23.0. The maximum Gasteiger partial charge on any atom is 0.152 e. The Morgan fingerprint density at radius 2 is 2.00 bits per heavy atom. The molecule has 1 saturated heterocycles. The minimum Gasteiger partial charge on any atom is -0.300 e. The molecule has 82 valence electrons. The number of piperidine rings is 1. The van der Waals surface area contributed by atoms with Crippen molar-refractivity contribution in [3.05, 3.63) is 12.2 Å². The van der Waals surface area contributed by atoms with Crippen LogP contribution in [0, 0.1) is 0 Å². The number of ketones is 1. The standard InChI is InChI=1S/C10H17NO.C2H6/c1-9(12)6-7-10-5-3-4-8-11(10)2;1-2/h6-7,10H,3-5,8H2,1-2H3;1-2H3/b7-6+;. The van der Waals surface area contributed by atoms with Crippen LogP contribution in [0.15, 0.2) is 12.2 Å². The summed E-state index contributed by atoms with van der Waals surface area (Å²) in [5.74, 6) is 0.147. The number of nitrogens with zero attached hydrogens (tertiary/aromatic N) is 1. The van der Waals surface area contributed by atoms with Crippen molar-refractivity contribution in [1.29, 1.82) is 0 Å². The molecule has 14 heavy (non-hydrogen) atoms. The zero-order valence-electron chi connectivity index (χ0n) is 9.92. The van der Waals surface area contributed by atoms with Crippen LogP contribution in [-0.4, -0.2) is 30.3 Å². The molecule has 0 aliphatic carbocycles. The second kappa shape index (κ2) is 7.74. The lowest BCUT2D eigenvalue weighted by atomic mass is 10.0. The van der Waals surface area contributed by atoms with Crippen LogP contribution in [0.3, 0.4) is 0 Å². The fourth-order valence-electron chi connectivity index (χ4n) is 1.59. The van der Waals surface area contributed by atoms with Gasteiger partial charge < -0.3 is 0 Å². The highest BCUT2D eigenvalue weighted by Gasteiger charge is 2.15. The van der Waals surface area contributed by atoms with Crippen molar-refractivity contribution in [2.75, 3.05) is 13.6 Å². The minimum atomic E-state index is 0.147. The number of hydrogen-bond acceptors (Lipinski definition) is 2. The number of likely N-dealkylation sites (N-methyl/N-ethyl adjacent to an activating group) is 1. The fourth-order valence-corrected chi connectivity index (χ4v) is 1.59. The van der Waals surface area contributed by atoms with E-state index in [0.29, 0.717) is 6.04 Å². The topological polar surface area (TPSA) is 20.3 Å². The van der Waals surface area contributed by atoms with Crippen LogP contribution in [0.1, 0.15) is 40.0 Å². The van der Waals surface area contributed by atoms with Crippen LogP contribution in [0.4, 0.5) is 0 Å². The van der Waals surface area contributed by atoms with E-state index in [9.17, 15) is 4.79 Å². The monoisotopic (exact) mass is 197 g/mol. The predicted octanol–water partition coefficient (Wildman–Crippen LogP) is 2.64. The molecule has 0 radical (unpaired) electrons. The number of rotatable bonds is 2. The van der Waals surface area contributed by atoms with Gasteiger partial charge in [0.05, 0.1) is 0 Å². The molecule has 1 heterocycles. The molecule has 2 heteroatoms. The van der Waals surface area contributed by atoms with Crippen LogP contribution in [-0.2, 0) is 4.79 Å². The number of hydrogen-bond donors (Lipinski definition) is 0. The first-order valence-electron chi connectivity index (χ1n) is 5.59. The summed E-state index contributed by atoms with van der Waals surface area (Å²) >= 11 is 0. The Kier molecular flexibility index (Phi) is 7.40. The number of allylic oxidation sites excluding steroid dienone is 1. The van der Waals surface area contributed by atoms with E-state index in [1.54, 1.807) is 13.0 Å². The minimum absolute atomic E-state index is 0.147. The molecule has 0 amide bonds. The maximum atomic E-state index is 10.7. The van der Waals surface area contributed by atoms with Gasteiger partial charge in [0.2, 0.25) is 0 Å². The highest BCUT2D eigenvalue weighted by atomic mass is 16.1. The van der Waals surface area contributed by atoms with Crippen molar-refractivity contribution in [2.45, 2.75) is 46.1 Å². The van der Waals surface area contributed by atoms with E-state index < -0.39 is 0 Å². The lowest BCUT2D eigenvalue weighted by molar-refractivity contribution is -0.112. The maximum absolute atomic E-state index is 10.7. The number of likely N-dealkylation sites (tertiary alicyclic amines) is 1. The molecule has 1 unspecified atom stereocenters. The van der Waals surface area contributed by atoms with Crippen LogP contribution >= 0.6 is 0 Å². The average molecular weight is 197 g/mol. The second-order valence-electron chi connectivity index (χ2n) is 3.51. The van der Waals surface area contributed by atoms with Crippen molar-refractivity contribution in [1.82, 2.24) is 4.90 Å². The van der Waals surface area contributed by atoms with Gasteiger partial charge in [-0.1, -0.05) is 26.3 Å². The van der Waals surface area contributed by atoms with Crippen molar-refractivity contribution in [2.24, 2.45) is 0 Å². The number of carbonyl (C=O) groups is 1. The van der Waals surface area contributed by atoms with Gasteiger partial charge in [-0.25, -0.2) is 0 Å². The van der Waals surface area contributed by atoms with Crippen molar-refractivity contribution >= 4 is 5.78 Å². The van der Waals surface area contributed by atoms with E-state index in [1.165, 1.54) is 19.3 Å². The second-order valence-corrected chi connectivity index (χ2v) is 3.51. The van der Waals surface area contributed by atoms with Gasteiger partial charge in [-0.3, -0.25) is 9.69 Å². The third kappa shape index (κ3) is 5.18. The molecule has 0 bridgehead atoms. The Bertz CT molecular complexity index is 187. The average Bonchev–Trinajstić information content (AvgIpc) is 2.19. The van der Waals surface area contributed by atoms with Crippen LogP contribution in [0.2, 0.25) is 0 Å². The van der Waals surface area contributed by atoms with E-state index in [4.69, 9.17) is 0 Å². The molecule has 1 fully saturated rings. The molecule has 0 aromatic heterocycles. The first kappa shape index (κ1) is 13.4. The quantitative estimate of drug-likeness (QED) is 0.634. The van der Waals surface area contributed by atoms with E-state index in [2.05, 4.69) is 11.9 Å². The third-order valence-electron chi connectivity index (χ3n) is 2.38. The van der Waals surface area contributed by atoms with Gasteiger partial charge in [0.25, 0.3) is 0 Å². The summed E-state index contributed by atoms with van der Waals surface area (Å²) in [5.41, 5.74) is 0. The Hall–Kier alpha value is -0.630. The van der Waals surface area contributed by atoms with Gasteiger partial charge in [0, 0.05) is 6.04 Å². The summed E-state index contributed by atoms with van der Waals surface area (Å²) in [6, 6.07) is 0.489. The molecule has 0 aromatic carbocycles. The first-order valence-corrected chi connectivity index (χ1v) is 5.59. The van der Waals surface area contributed by atoms with E-state index in [0.717, 1.165) is 6.54 Å². The van der Waals surface area contributed by atoms with Crippen molar-refractivity contribution < 1.29 is 4.79 Å². The molecule has 0 saturated carbocycles. The summed E-state index contributed by atoms with van der Waals surface area (Å²) in [7, 11) is 2.12. The zero-order valence-corrected chi connectivity index (χ0v) is 9.92. The van der Waals surface area contributed by atoms with E-state index in [1.807, 2.05) is 19.9 Å². The number of carbonyl (C=O) groups excluding carboxylic acids is 1. The lowest BCUT2D eigenvalue weighted by Crippen LogP contribution is -2.34. The summed E-state index contributed by atoms with van der Waals surface area (Å²) in [6.45, 7) is 6.76. The SMILES string of the molecule is CC.CC(=O)/C=C/C1CCCCN1C. The molecular formula is C12H23NO. The Morgan fingerprint density at radius 1 is 1.36 bits per heavy atom. The van der Waals surface area contributed by atoms with Gasteiger partial charge in [-0.05, 0) is 39.4 Å². The summed E-state index contributed by atoms with van der Waals surface area (Å²) < 4.78 is 0. The third-order valence-corrected chi connectivity index (χ3v) is 2.38. The Balaban J connectivity index is 0.000000791. The van der Waals surface area contributed by atoms with Crippen LogP contribution < -0.4 is 0 Å². The van der Waals surface area contributed by atoms with E-state index in [-0.39, 0.29) is 5.78 Å². The first-order chi connectivity index (χ1) is 6.70. The molecule has 1 atom stereocenters. The summed E-state index contributed by atoms with van der Waals surface area (Å²) in [6.07, 6.45) is 7.49. The summed E-state index contributed by atoms with van der Waals surface area (Å²) in [5, 5.41) is 0. The van der Waals surface area contributed by atoms with Gasteiger partial charge in [-0.15, -0.1) is 0 Å². The molecule has 1 aliphatic rings. The summed E-state index contributed by atoms with van der Waals surface area (Å²) in [4.78, 5) is 13.0. The van der Waals surface area contributed by atoms with E-state index >= 15 is 0 Å². The molecule has 0 spiro atoms.